The first-order valence-electron chi connectivity index (χ1n) is 18.6. The molecule has 1 aromatic heterocycles. The largest absolute Gasteiger partial charge is 0.465 e. The Bertz CT molecular complexity index is 1800. The molecule has 0 aliphatic carbocycles. The number of amides is 1. The van der Waals surface area contributed by atoms with Gasteiger partial charge in [-0.05, 0) is 77.2 Å². The Labute approximate surface area is 321 Å². The number of carbonyl (C=O) groups excluding carboxylic acids is 4. The third kappa shape index (κ3) is 9.57. The van der Waals surface area contributed by atoms with Gasteiger partial charge in [0.1, 0.15) is 22.8 Å². The lowest BCUT2D eigenvalue weighted by Crippen LogP contribution is -2.66. The molecule has 3 aromatic rings. The van der Waals surface area contributed by atoms with Crippen LogP contribution in [0.5, 0.6) is 0 Å². The normalized spacial score (nSPS) is 15.5. The summed E-state index contributed by atoms with van der Waals surface area (Å²) < 4.78 is 24.9. The second-order valence-electron chi connectivity index (χ2n) is 16.9. The predicted octanol–water partition coefficient (Wildman–Crippen LogP) is 7.23. The fourth-order valence-corrected chi connectivity index (χ4v) is 11.4. The average Bonchev–Trinajstić information content (AvgIpc) is 3.44. The Balaban J connectivity index is 1.74. The van der Waals surface area contributed by atoms with Crippen molar-refractivity contribution in [2.45, 2.75) is 118 Å². The first kappa shape index (κ1) is 42.2. The van der Waals surface area contributed by atoms with Crippen molar-refractivity contribution in [1.29, 1.82) is 0 Å². The van der Waals surface area contributed by atoms with Crippen LogP contribution in [0.1, 0.15) is 104 Å². The summed E-state index contributed by atoms with van der Waals surface area (Å²) in [5.74, 6) is -2.75. The van der Waals surface area contributed by atoms with Crippen LogP contribution in [-0.4, -0.2) is 77.4 Å². The van der Waals surface area contributed by atoms with Crippen molar-refractivity contribution in [3.63, 3.8) is 0 Å². The molecular weight excluding hydrogens is 703 g/mol. The molecule has 0 spiro atoms. The summed E-state index contributed by atoms with van der Waals surface area (Å²) in [5.41, 5.74) is -0.440. The fourth-order valence-electron chi connectivity index (χ4n) is 6.81. The van der Waals surface area contributed by atoms with Crippen LogP contribution >= 0.6 is 0 Å². The molecular formula is C42H57N3O8Si. The number of hydrogen-bond donors (Lipinski definition) is 0. The van der Waals surface area contributed by atoms with Gasteiger partial charge < -0.3 is 23.5 Å². The molecule has 0 saturated carbocycles. The number of esters is 1. The van der Waals surface area contributed by atoms with E-state index in [9.17, 15) is 19.2 Å². The van der Waals surface area contributed by atoms with Crippen molar-refractivity contribution < 1.29 is 37.8 Å². The molecule has 2 heterocycles. The average molecular weight is 760 g/mol. The molecule has 4 rings (SSSR count). The van der Waals surface area contributed by atoms with Crippen LogP contribution in [0.4, 0.5) is 9.59 Å². The van der Waals surface area contributed by atoms with Crippen LogP contribution in [-0.2, 0) is 36.4 Å². The molecule has 0 fully saturated rings. The van der Waals surface area contributed by atoms with Crippen LogP contribution in [0.25, 0.3) is 0 Å². The molecule has 2 atom stereocenters. The zero-order valence-electron chi connectivity index (χ0n) is 33.8. The number of benzene rings is 2. The molecule has 1 aliphatic rings. The van der Waals surface area contributed by atoms with E-state index in [1.807, 2.05) is 43.3 Å². The molecule has 12 heteroatoms. The summed E-state index contributed by atoms with van der Waals surface area (Å²) in [6.45, 7) is 24.9. The molecule has 292 valence electrons. The first-order chi connectivity index (χ1) is 25.1. The summed E-state index contributed by atoms with van der Waals surface area (Å²) in [6, 6.07) is 19.9. The minimum Gasteiger partial charge on any atom is -0.465 e. The van der Waals surface area contributed by atoms with Gasteiger partial charge in [-0.1, -0.05) is 93.6 Å². The van der Waals surface area contributed by atoms with Gasteiger partial charge in [-0.15, -0.1) is 0 Å². The van der Waals surface area contributed by atoms with Crippen LogP contribution in [0.3, 0.4) is 0 Å². The second kappa shape index (κ2) is 16.4. The van der Waals surface area contributed by atoms with Crippen molar-refractivity contribution in [3.8, 4) is 0 Å². The Morgan fingerprint density at radius 3 is 1.85 bits per heavy atom. The molecule has 2 aromatic carbocycles. The Morgan fingerprint density at radius 1 is 0.852 bits per heavy atom. The molecule has 11 nitrogen and oxygen atoms in total. The van der Waals surface area contributed by atoms with Gasteiger partial charge in [0.15, 0.2) is 5.78 Å². The third-order valence-electron chi connectivity index (χ3n) is 9.16. The van der Waals surface area contributed by atoms with Crippen LogP contribution in [0, 0.1) is 5.92 Å². The van der Waals surface area contributed by atoms with Crippen LogP contribution in [0.15, 0.2) is 72.8 Å². The minimum atomic E-state index is -2.97. The number of Topliss-reactive ketones (excluding diaryl/α,β-unsaturated/α-hetero) is 1. The van der Waals surface area contributed by atoms with Gasteiger partial charge in [-0.2, -0.15) is 9.78 Å². The van der Waals surface area contributed by atoms with E-state index in [1.165, 1.54) is 4.90 Å². The van der Waals surface area contributed by atoms with E-state index in [4.69, 9.17) is 18.6 Å². The van der Waals surface area contributed by atoms with E-state index in [-0.39, 0.29) is 43.3 Å². The highest BCUT2D eigenvalue weighted by atomic mass is 28.4. The number of fused-ring (bicyclic) bond motifs is 1. The Kier molecular flexibility index (Phi) is 12.8. The highest BCUT2D eigenvalue weighted by molar-refractivity contribution is 6.99. The summed E-state index contributed by atoms with van der Waals surface area (Å²) in [6.07, 6.45) is -1.24. The highest BCUT2D eigenvalue weighted by Crippen LogP contribution is 2.37. The molecule has 0 N–H and O–H groups in total. The number of hydrogen-bond acceptors (Lipinski definition) is 9. The Hall–Kier alpha value is -4.55. The van der Waals surface area contributed by atoms with Crippen molar-refractivity contribution in [3.05, 3.63) is 89.8 Å². The van der Waals surface area contributed by atoms with Crippen LogP contribution in [0.2, 0.25) is 5.04 Å². The van der Waals surface area contributed by atoms with Gasteiger partial charge >= 0.3 is 18.2 Å². The second-order valence-corrected chi connectivity index (χ2v) is 21.2. The molecule has 0 bridgehead atoms. The van der Waals surface area contributed by atoms with Gasteiger partial charge in [-0.25, -0.2) is 9.59 Å². The number of rotatable bonds is 11. The van der Waals surface area contributed by atoms with Crippen molar-refractivity contribution in [2.24, 2.45) is 5.92 Å². The van der Waals surface area contributed by atoms with E-state index in [1.54, 1.807) is 48.5 Å². The molecule has 1 aliphatic heterocycles. The zero-order valence-corrected chi connectivity index (χ0v) is 34.8. The van der Waals surface area contributed by atoms with Gasteiger partial charge in [0.2, 0.25) is 0 Å². The summed E-state index contributed by atoms with van der Waals surface area (Å²) in [7, 11) is -2.97. The van der Waals surface area contributed by atoms with E-state index >= 15 is 0 Å². The van der Waals surface area contributed by atoms with E-state index in [2.05, 4.69) is 56.7 Å². The zero-order chi connectivity index (χ0) is 40.2. The molecule has 1 unspecified atom stereocenters. The maximum absolute atomic E-state index is 14.6. The maximum atomic E-state index is 14.6. The predicted molar refractivity (Wildman–Crippen MR) is 211 cm³/mol. The lowest BCUT2D eigenvalue weighted by atomic mass is 9.90. The Morgan fingerprint density at radius 2 is 1.37 bits per heavy atom. The SMILES string of the molecule is C=C(CO[Si](c1ccccc1)(c1ccccc1)C(C)(C)C)CC(C(=O)OCC)C(=O)c1nn(C(=O)OC(C)(C)C)c2c1CN(C(=O)OC(C)(C)C)[C@H](C)C2. The van der Waals surface area contributed by atoms with Crippen molar-refractivity contribution in [2.75, 3.05) is 13.2 Å². The lowest BCUT2D eigenvalue weighted by molar-refractivity contribution is -0.146. The summed E-state index contributed by atoms with van der Waals surface area (Å²) in [5, 5.41) is 6.35. The van der Waals surface area contributed by atoms with E-state index < -0.39 is 55.4 Å². The molecule has 0 radical (unpaired) electrons. The lowest BCUT2D eigenvalue weighted by Gasteiger charge is -2.43. The number of nitrogens with zero attached hydrogens (tertiary/aromatic N) is 3. The van der Waals surface area contributed by atoms with Gasteiger partial charge in [0.25, 0.3) is 8.32 Å². The van der Waals surface area contributed by atoms with E-state index in [0.29, 0.717) is 16.8 Å². The topological polar surface area (TPSA) is 126 Å². The highest BCUT2D eigenvalue weighted by Gasteiger charge is 2.50. The molecule has 54 heavy (non-hydrogen) atoms. The minimum absolute atomic E-state index is 0.0437. The molecule has 0 saturated heterocycles. The standard InChI is InChI=1S/C42H57N3O8Si/c1-13-50-37(47)32(24-28(2)27-51-54(42(10,11)12,30-20-16-14-17-21-30)31-22-18-15-19-23-31)36(46)35-33-26-44(38(48)52-40(4,5)6)29(3)25-34(33)45(43-35)39(49)53-41(7,8)9/h14-23,29,32H,2,13,24-27H2,1,3-12H3/t29-,32?/m1/s1. The number of carbonyl (C=O) groups is 4. The quantitative estimate of drug-likeness (QED) is 0.0497. The third-order valence-corrected chi connectivity index (χ3v) is 14.1. The number of ketones is 1. The smallest absolute Gasteiger partial charge is 0.435 e. The van der Waals surface area contributed by atoms with Crippen molar-refractivity contribution in [1.82, 2.24) is 14.7 Å². The summed E-state index contributed by atoms with van der Waals surface area (Å²) in [4.78, 5) is 56.6. The van der Waals surface area contributed by atoms with Crippen LogP contribution < -0.4 is 10.4 Å². The molecule has 1 amide bonds. The summed E-state index contributed by atoms with van der Waals surface area (Å²) >= 11 is 0. The van der Waals surface area contributed by atoms with Gasteiger partial charge in [0, 0.05) is 18.0 Å². The first-order valence-corrected chi connectivity index (χ1v) is 20.5. The monoisotopic (exact) mass is 759 g/mol. The van der Waals surface area contributed by atoms with Gasteiger partial charge in [0.05, 0.1) is 25.5 Å². The number of aromatic nitrogens is 2. The fraction of sp³-hybridized carbons (Fsp3) is 0.500. The number of ether oxygens (including phenoxy) is 3. The van der Waals surface area contributed by atoms with E-state index in [0.717, 1.165) is 15.1 Å². The van der Waals surface area contributed by atoms with Crippen molar-refractivity contribution >= 4 is 42.6 Å². The maximum Gasteiger partial charge on any atom is 0.435 e. The van der Waals surface area contributed by atoms with Gasteiger partial charge in [-0.3, -0.25) is 9.59 Å².